The fourth-order valence-corrected chi connectivity index (χ4v) is 1.25. The van der Waals surface area contributed by atoms with Gasteiger partial charge in [0.15, 0.2) is 0 Å². The normalized spacial score (nSPS) is 10.2. The maximum atomic E-state index is 13.2. The Kier molecular flexibility index (Phi) is 4.53. The maximum Gasteiger partial charge on any atom is 0.304 e. The number of nitrogens with one attached hydrogen (secondary N) is 1. The van der Waals surface area contributed by atoms with Gasteiger partial charge in [-0.2, -0.15) is 4.39 Å². The molecule has 0 unspecified atom stereocenters. The molecule has 0 fully saturated rings. The highest BCUT2D eigenvalue weighted by Crippen LogP contribution is 2.17. The molecule has 0 bridgehead atoms. The van der Waals surface area contributed by atoms with E-state index in [1.807, 2.05) is 0 Å². The zero-order chi connectivity index (χ0) is 12.8. The first-order valence-corrected chi connectivity index (χ1v) is 4.92. The second-order valence-electron chi connectivity index (χ2n) is 3.44. The van der Waals surface area contributed by atoms with Gasteiger partial charge in [0.2, 0.25) is 11.7 Å². The maximum absolute atomic E-state index is 13.2. The molecular formula is C10H12FN3O3. The van der Waals surface area contributed by atoms with E-state index in [0.717, 1.165) is 12.1 Å². The van der Waals surface area contributed by atoms with Crippen molar-refractivity contribution >= 4 is 11.6 Å². The van der Waals surface area contributed by atoms with Gasteiger partial charge in [-0.1, -0.05) is 6.07 Å². The quantitative estimate of drug-likeness (QED) is 0.435. The van der Waals surface area contributed by atoms with Crippen molar-refractivity contribution in [2.75, 3.05) is 6.54 Å². The van der Waals surface area contributed by atoms with Gasteiger partial charge in [0, 0.05) is 25.6 Å². The van der Waals surface area contributed by atoms with Crippen molar-refractivity contribution in [2.45, 2.75) is 13.0 Å². The number of amides is 1. The molecule has 0 heterocycles. The minimum Gasteiger partial charge on any atom is -0.370 e. The smallest absolute Gasteiger partial charge is 0.304 e. The summed E-state index contributed by atoms with van der Waals surface area (Å²) in [5, 5.41) is 13.2. The van der Waals surface area contributed by atoms with Gasteiger partial charge in [-0.3, -0.25) is 14.9 Å². The Labute approximate surface area is 96.8 Å². The molecule has 92 valence electrons. The topological polar surface area (TPSA) is 98.3 Å². The van der Waals surface area contributed by atoms with Crippen molar-refractivity contribution in [3.63, 3.8) is 0 Å². The van der Waals surface area contributed by atoms with E-state index in [9.17, 15) is 19.3 Å². The lowest BCUT2D eigenvalue weighted by Crippen LogP contribution is -2.21. The Morgan fingerprint density at radius 1 is 1.53 bits per heavy atom. The van der Waals surface area contributed by atoms with E-state index in [1.165, 1.54) is 6.07 Å². The second-order valence-corrected chi connectivity index (χ2v) is 3.44. The summed E-state index contributed by atoms with van der Waals surface area (Å²) in [7, 11) is 0. The van der Waals surface area contributed by atoms with Crippen LogP contribution in [0.2, 0.25) is 0 Å². The summed E-state index contributed by atoms with van der Waals surface area (Å²) in [5.41, 5.74) is 4.95. The van der Waals surface area contributed by atoms with Gasteiger partial charge in [-0.25, -0.2) is 0 Å². The van der Waals surface area contributed by atoms with E-state index in [0.29, 0.717) is 18.7 Å². The lowest BCUT2D eigenvalue weighted by atomic mass is 10.2. The van der Waals surface area contributed by atoms with Crippen LogP contribution in [-0.4, -0.2) is 17.4 Å². The zero-order valence-electron chi connectivity index (χ0n) is 8.98. The molecule has 17 heavy (non-hydrogen) atoms. The number of carbonyl (C=O) groups is 1. The monoisotopic (exact) mass is 241 g/mol. The van der Waals surface area contributed by atoms with Gasteiger partial charge in [0.1, 0.15) is 0 Å². The van der Waals surface area contributed by atoms with Gasteiger partial charge in [0.05, 0.1) is 4.92 Å². The van der Waals surface area contributed by atoms with Crippen LogP contribution >= 0.6 is 0 Å². The Hall–Kier alpha value is -2.02. The number of hydrogen-bond donors (Lipinski definition) is 2. The number of rotatable bonds is 6. The molecular weight excluding hydrogens is 229 g/mol. The van der Waals surface area contributed by atoms with Gasteiger partial charge in [-0.05, 0) is 11.6 Å². The highest BCUT2D eigenvalue weighted by Gasteiger charge is 2.13. The van der Waals surface area contributed by atoms with Crippen LogP contribution in [0.1, 0.15) is 12.0 Å². The van der Waals surface area contributed by atoms with E-state index >= 15 is 0 Å². The van der Waals surface area contributed by atoms with Crippen LogP contribution in [-0.2, 0) is 11.3 Å². The van der Waals surface area contributed by atoms with Crippen molar-refractivity contribution in [1.29, 1.82) is 0 Å². The minimum absolute atomic E-state index is 0.190. The third kappa shape index (κ3) is 4.15. The van der Waals surface area contributed by atoms with E-state index in [4.69, 9.17) is 5.73 Å². The molecule has 0 saturated heterocycles. The lowest BCUT2D eigenvalue weighted by molar-refractivity contribution is -0.387. The van der Waals surface area contributed by atoms with E-state index in [2.05, 4.69) is 5.32 Å². The molecule has 0 radical (unpaired) electrons. The second kappa shape index (κ2) is 5.90. The van der Waals surface area contributed by atoms with Crippen molar-refractivity contribution in [1.82, 2.24) is 5.32 Å². The molecule has 0 aliphatic heterocycles. The Morgan fingerprint density at radius 2 is 2.24 bits per heavy atom. The zero-order valence-corrected chi connectivity index (χ0v) is 8.98. The fourth-order valence-electron chi connectivity index (χ4n) is 1.25. The van der Waals surface area contributed by atoms with Crippen LogP contribution < -0.4 is 11.1 Å². The number of primary amides is 1. The standard InChI is InChI=1S/C10H12FN3O3/c11-8-5-7(1-2-9(8)14(16)17)6-13-4-3-10(12)15/h1-2,5,13H,3-4,6H2,(H2,12,15). The largest absolute Gasteiger partial charge is 0.370 e. The number of hydrogen-bond acceptors (Lipinski definition) is 4. The van der Waals surface area contributed by atoms with Crippen LogP contribution in [0.25, 0.3) is 0 Å². The molecule has 1 aromatic carbocycles. The van der Waals surface area contributed by atoms with Gasteiger partial charge >= 0.3 is 5.69 Å². The molecule has 0 aliphatic rings. The number of halogens is 1. The third-order valence-corrected chi connectivity index (χ3v) is 2.09. The van der Waals surface area contributed by atoms with Crippen molar-refractivity contribution in [2.24, 2.45) is 5.73 Å². The summed E-state index contributed by atoms with van der Waals surface area (Å²) in [6.07, 6.45) is 0.190. The summed E-state index contributed by atoms with van der Waals surface area (Å²) in [5.74, 6) is -1.29. The molecule has 0 aromatic heterocycles. The number of nitrogens with zero attached hydrogens (tertiary/aromatic N) is 1. The third-order valence-electron chi connectivity index (χ3n) is 2.09. The van der Waals surface area contributed by atoms with Crippen molar-refractivity contribution in [3.8, 4) is 0 Å². The van der Waals surface area contributed by atoms with E-state index < -0.39 is 22.3 Å². The first-order chi connectivity index (χ1) is 8.00. The summed E-state index contributed by atoms with van der Waals surface area (Å²) in [4.78, 5) is 20.0. The molecule has 1 rings (SSSR count). The van der Waals surface area contributed by atoms with E-state index in [-0.39, 0.29) is 6.42 Å². The number of benzene rings is 1. The van der Waals surface area contributed by atoms with Crippen molar-refractivity contribution in [3.05, 3.63) is 39.7 Å². The first-order valence-electron chi connectivity index (χ1n) is 4.92. The highest BCUT2D eigenvalue weighted by molar-refractivity contribution is 5.73. The average Bonchev–Trinajstić information content (AvgIpc) is 2.23. The minimum atomic E-state index is -0.871. The molecule has 7 heteroatoms. The van der Waals surface area contributed by atoms with Crippen LogP contribution in [0.4, 0.5) is 10.1 Å². The van der Waals surface area contributed by atoms with Gasteiger partial charge < -0.3 is 11.1 Å². The molecule has 6 nitrogen and oxygen atoms in total. The number of carbonyl (C=O) groups excluding carboxylic acids is 1. The summed E-state index contributed by atoms with van der Waals surface area (Å²) >= 11 is 0. The Balaban J connectivity index is 2.53. The first kappa shape index (κ1) is 13.0. The van der Waals surface area contributed by atoms with Crippen LogP contribution in [0.15, 0.2) is 18.2 Å². The fraction of sp³-hybridized carbons (Fsp3) is 0.300. The van der Waals surface area contributed by atoms with E-state index in [1.54, 1.807) is 0 Å². The number of nitrogens with two attached hydrogens (primary N) is 1. The molecule has 1 amide bonds. The predicted molar refractivity (Wildman–Crippen MR) is 58.6 cm³/mol. The van der Waals surface area contributed by atoms with Crippen molar-refractivity contribution < 1.29 is 14.1 Å². The lowest BCUT2D eigenvalue weighted by Gasteiger charge is -2.03. The summed E-state index contributed by atoms with van der Waals surface area (Å²) in [6.45, 7) is 0.704. The number of nitro benzene ring substituents is 1. The molecule has 3 N–H and O–H groups in total. The van der Waals surface area contributed by atoms with Gasteiger partial charge in [0.25, 0.3) is 0 Å². The predicted octanol–water partition coefficient (Wildman–Crippen LogP) is 0.699. The SMILES string of the molecule is NC(=O)CCNCc1ccc([N+](=O)[O-])c(F)c1. The highest BCUT2D eigenvalue weighted by atomic mass is 19.1. The van der Waals surface area contributed by atoms with Crippen LogP contribution in [0, 0.1) is 15.9 Å². The molecule has 0 atom stereocenters. The van der Waals surface area contributed by atoms with Crippen LogP contribution in [0.5, 0.6) is 0 Å². The molecule has 0 aliphatic carbocycles. The summed E-state index contributed by atoms with van der Waals surface area (Å²) in [6, 6.07) is 3.66. The summed E-state index contributed by atoms with van der Waals surface area (Å²) < 4.78 is 13.2. The Morgan fingerprint density at radius 3 is 2.76 bits per heavy atom. The molecule has 0 spiro atoms. The molecule has 1 aromatic rings. The van der Waals surface area contributed by atoms with Gasteiger partial charge in [-0.15, -0.1) is 0 Å². The number of nitro groups is 1. The molecule has 0 saturated carbocycles. The average molecular weight is 241 g/mol. The van der Waals surface area contributed by atoms with Crippen LogP contribution in [0.3, 0.4) is 0 Å². The Bertz CT molecular complexity index is 437.